The van der Waals surface area contributed by atoms with Crippen molar-refractivity contribution in [2.45, 2.75) is 119 Å². The first-order chi connectivity index (χ1) is 33.0. The number of anilines is 2. The molecule has 17 heteroatoms. The number of carbonyl (C=O) groups excluding carboxylic acids is 1. The molecule has 0 bridgehead atoms. The average molecular weight is 964 g/mol. The van der Waals surface area contributed by atoms with Crippen molar-refractivity contribution in [1.82, 2.24) is 19.6 Å². The number of fused-ring (bicyclic) bond motifs is 1. The van der Waals surface area contributed by atoms with Gasteiger partial charge < -0.3 is 29.8 Å². The SMILES string of the molecule is CCOc1nc2[nH]cc(F)c2cc1Oc1cc(N2CCC3(CC2)CN([C@H]2CCC[C@H]2c2ccccc2C2(C)CC2)C3)ccc1C(=O)NS(=O)(=O)c1ccc(NCC2CCC(C)(O)CC2)c([N+](=O)[O-])c1. The second-order valence-corrected chi connectivity index (χ2v) is 22.6. The van der Waals surface area contributed by atoms with Crippen LogP contribution in [0.25, 0.3) is 11.0 Å². The third-order valence-electron chi connectivity index (χ3n) is 16.0. The van der Waals surface area contributed by atoms with Crippen molar-refractivity contribution >= 4 is 44.0 Å². The van der Waals surface area contributed by atoms with Crippen molar-refractivity contribution in [2.24, 2.45) is 11.3 Å². The van der Waals surface area contributed by atoms with E-state index in [0.717, 1.165) is 63.6 Å². The van der Waals surface area contributed by atoms with Crippen LogP contribution in [0, 0.1) is 27.3 Å². The fraction of sp³-hybridized carbons (Fsp3) is 0.500. The number of halogens is 1. The van der Waals surface area contributed by atoms with Crippen LogP contribution in [-0.4, -0.2) is 90.2 Å². The molecule has 4 N–H and O–H groups in total. The maximum Gasteiger partial charge on any atom is 0.293 e. The summed E-state index contributed by atoms with van der Waals surface area (Å²) in [6, 6.07) is 19.5. The summed E-state index contributed by atoms with van der Waals surface area (Å²) >= 11 is 0. The largest absolute Gasteiger partial charge is 0.475 e. The maximum absolute atomic E-state index is 14.9. The number of aromatic amines is 1. The van der Waals surface area contributed by atoms with Crippen LogP contribution in [0.15, 0.2) is 77.8 Å². The molecule has 5 fully saturated rings. The fourth-order valence-corrected chi connectivity index (χ4v) is 12.5. The molecule has 1 spiro atoms. The first-order valence-electron chi connectivity index (χ1n) is 24.6. The third kappa shape index (κ3) is 9.49. The summed E-state index contributed by atoms with van der Waals surface area (Å²) in [4.78, 5) is 37.4. The summed E-state index contributed by atoms with van der Waals surface area (Å²) in [5.41, 5.74) is 3.44. The molecule has 3 saturated carbocycles. The molecule has 2 atom stereocenters. The number of nitro benzene ring substituents is 1. The zero-order chi connectivity index (χ0) is 48.3. The van der Waals surface area contributed by atoms with E-state index in [1.54, 1.807) is 37.1 Å². The molecule has 0 unspecified atom stereocenters. The number of nitro groups is 1. The van der Waals surface area contributed by atoms with Crippen molar-refractivity contribution in [1.29, 1.82) is 0 Å². The zero-order valence-electron chi connectivity index (χ0n) is 39.6. The number of benzene rings is 3. The van der Waals surface area contributed by atoms with Gasteiger partial charge in [0.1, 0.15) is 22.9 Å². The van der Waals surface area contributed by atoms with Crippen molar-refractivity contribution < 1.29 is 37.1 Å². The van der Waals surface area contributed by atoms with E-state index in [0.29, 0.717) is 36.8 Å². The van der Waals surface area contributed by atoms with Crippen molar-refractivity contribution in [3.8, 4) is 17.4 Å². The van der Waals surface area contributed by atoms with Crippen LogP contribution in [0.1, 0.15) is 119 Å². The predicted octanol–water partition coefficient (Wildman–Crippen LogP) is 9.56. The summed E-state index contributed by atoms with van der Waals surface area (Å²) in [6.07, 6.45) is 12.1. The summed E-state index contributed by atoms with van der Waals surface area (Å²) in [7, 11) is -4.66. The Bertz CT molecular complexity index is 2880. The molecule has 5 aliphatic rings. The number of ether oxygens (including phenoxy) is 2. The van der Waals surface area contributed by atoms with Gasteiger partial charge in [0.05, 0.1) is 33.0 Å². The van der Waals surface area contributed by atoms with E-state index >= 15 is 0 Å². The molecule has 2 aromatic heterocycles. The highest BCUT2D eigenvalue weighted by Crippen LogP contribution is 2.54. The number of hydrogen-bond donors (Lipinski definition) is 4. The molecular weight excluding hydrogens is 902 g/mol. The molecule has 69 heavy (non-hydrogen) atoms. The van der Waals surface area contributed by atoms with Crippen molar-refractivity contribution in [3.63, 3.8) is 0 Å². The van der Waals surface area contributed by atoms with Crippen LogP contribution in [-0.2, 0) is 15.4 Å². The van der Waals surface area contributed by atoms with E-state index in [-0.39, 0.29) is 57.6 Å². The number of nitrogens with zero attached hydrogens (tertiary/aromatic N) is 4. The number of piperidine rings is 1. The summed E-state index contributed by atoms with van der Waals surface area (Å²) in [5, 5.41) is 25.8. The minimum Gasteiger partial charge on any atom is -0.475 e. The van der Waals surface area contributed by atoms with Gasteiger partial charge in [-0.25, -0.2) is 17.5 Å². The minimum absolute atomic E-state index is 0.0143. The van der Waals surface area contributed by atoms with Gasteiger partial charge in [-0.15, -0.1) is 0 Å². The van der Waals surface area contributed by atoms with Crippen molar-refractivity contribution in [3.05, 3.63) is 106 Å². The Kier molecular flexibility index (Phi) is 12.4. The molecule has 3 aromatic carbocycles. The smallest absolute Gasteiger partial charge is 0.293 e. The number of nitrogens with one attached hydrogen (secondary N) is 3. The lowest BCUT2D eigenvalue weighted by Crippen LogP contribution is -2.63. The predicted molar refractivity (Wildman–Crippen MR) is 261 cm³/mol. The number of carbonyl (C=O) groups is 1. The van der Waals surface area contributed by atoms with Crippen LogP contribution in [0.4, 0.5) is 21.5 Å². The van der Waals surface area contributed by atoms with Crippen molar-refractivity contribution in [2.75, 3.05) is 49.5 Å². The molecule has 1 amide bonds. The number of likely N-dealkylation sites (tertiary alicyclic amines) is 1. The normalized spacial score (nSPS) is 24.2. The van der Waals surface area contributed by atoms with Gasteiger partial charge in [0.15, 0.2) is 5.75 Å². The molecule has 5 aromatic rings. The molecule has 15 nitrogen and oxygen atoms in total. The highest BCUT2D eigenvalue weighted by atomic mass is 32.2. The number of pyridine rings is 1. The molecule has 2 saturated heterocycles. The fourth-order valence-electron chi connectivity index (χ4n) is 11.5. The Morgan fingerprint density at radius 1 is 0.971 bits per heavy atom. The number of H-pyrrole nitrogens is 1. The van der Waals surface area contributed by atoms with E-state index in [1.165, 1.54) is 62.6 Å². The van der Waals surface area contributed by atoms with Crippen LogP contribution in [0.3, 0.4) is 0 Å². The maximum atomic E-state index is 14.9. The monoisotopic (exact) mass is 963 g/mol. The van der Waals surface area contributed by atoms with Gasteiger partial charge in [0, 0.05) is 68.8 Å². The van der Waals surface area contributed by atoms with E-state index in [1.807, 2.05) is 0 Å². The molecule has 3 aliphatic carbocycles. The van der Waals surface area contributed by atoms with E-state index < -0.39 is 42.9 Å². The molecule has 0 radical (unpaired) electrons. The number of hydrogen-bond acceptors (Lipinski definition) is 12. The lowest BCUT2D eigenvalue weighted by atomic mass is 9.70. The Morgan fingerprint density at radius 2 is 1.72 bits per heavy atom. The second-order valence-electron chi connectivity index (χ2n) is 20.9. The Labute approximate surface area is 402 Å². The van der Waals surface area contributed by atoms with E-state index in [2.05, 4.69) is 61.0 Å². The Balaban J connectivity index is 0.868. The van der Waals surface area contributed by atoms with Gasteiger partial charge in [-0.3, -0.25) is 19.8 Å². The Morgan fingerprint density at radius 3 is 2.45 bits per heavy atom. The minimum atomic E-state index is -4.66. The summed E-state index contributed by atoms with van der Waals surface area (Å²) < 4.78 is 56.9. The first-order valence-corrected chi connectivity index (χ1v) is 26.0. The van der Waals surface area contributed by atoms with Gasteiger partial charge in [-0.2, -0.15) is 4.98 Å². The summed E-state index contributed by atoms with van der Waals surface area (Å²) in [5.74, 6) is -0.834. The Hall–Kier alpha value is -5.78. The molecule has 4 heterocycles. The molecule has 366 valence electrons. The van der Waals surface area contributed by atoms with Crippen LogP contribution in [0.2, 0.25) is 0 Å². The van der Waals surface area contributed by atoms with Gasteiger partial charge >= 0.3 is 0 Å². The summed E-state index contributed by atoms with van der Waals surface area (Å²) in [6.45, 7) is 10.3. The van der Waals surface area contributed by atoms with E-state index in [4.69, 9.17) is 9.47 Å². The first kappa shape index (κ1) is 46.9. The topological polar surface area (TPSA) is 192 Å². The highest BCUT2D eigenvalue weighted by molar-refractivity contribution is 7.90. The van der Waals surface area contributed by atoms with E-state index in [9.17, 15) is 32.8 Å². The lowest BCUT2D eigenvalue weighted by Gasteiger charge is -2.57. The van der Waals surface area contributed by atoms with Crippen LogP contribution in [0.5, 0.6) is 17.4 Å². The highest BCUT2D eigenvalue weighted by Gasteiger charge is 2.50. The number of aliphatic hydroxyl groups is 1. The zero-order valence-corrected chi connectivity index (χ0v) is 40.4. The van der Waals surface area contributed by atoms with Gasteiger partial charge in [-0.05, 0) is 136 Å². The standard InChI is InChI=1S/C52H62FN7O8S/c1-4-67-49-46(28-39-41(53)30-55-47(39)56-49)68-45-26-34(58-24-22-52(23-25-58)31-59(32-52)43-11-7-9-37(43)36-8-5-6-10-40(36)50(2)20-21-50)12-14-38(45)48(61)57-69(65,66)35-13-15-42(44(27-35)60(63)64)54-29-33-16-18-51(3,62)19-17-33/h5-6,8,10,12-15,26-28,30,33,37,43,54,62H,4,7,9,11,16-25,29,31-32H2,1-3H3,(H,55,56)(H,57,61)/t33?,37-,43-,51?/m0/s1. The lowest BCUT2D eigenvalue weighted by molar-refractivity contribution is -0.384. The van der Waals surface area contributed by atoms with Crippen LogP contribution >= 0.6 is 0 Å². The third-order valence-corrected chi connectivity index (χ3v) is 17.3. The van der Waals surface area contributed by atoms with Gasteiger partial charge in [0.2, 0.25) is 0 Å². The number of amides is 1. The second kappa shape index (κ2) is 18.2. The average Bonchev–Trinajstić information content (AvgIpc) is 3.70. The molecule has 2 aliphatic heterocycles. The quantitative estimate of drug-likeness (QED) is 0.0575. The van der Waals surface area contributed by atoms with Gasteiger partial charge in [0.25, 0.3) is 27.5 Å². The molecular formula is C52H62FN7O8S. The number of sulfonamides is 1. The van der Waals surface area contributed by atoms with Gasteiger partial charge in [-0.1, -0.05) is 37.6 Å². The molecule has 10 rings (SSSR count). The number of rotatable bonds is 15. The van der Waals surface area contributed by atoms with Crippen LogP contribution < -0.4 is 24.4 Å². The number of aromatic nitrogens is 2.